The van der Waals surface area contributed by atoms with E-state index in [0.717, 1.165) is 12.0 Å². The molecule has 0 aliphatic heterocycles. The highest BCUT2D eigenvalue weighted by molar-refractivity contribution is 7.10. The smallest absolute Gasteiger partial charge is 0.0795 e. The van der Waals surface area contributed by atoms with Crippen LogP contribution < -0.4 is 0 Å². The Labute approximate surface area is 65.3 Å². The van der Waals surface area contributed by atoms with Gasteiger partial charge in [-0.05, 0) is 30.4 Å². The van der Waals surface area contributed by atoms with Gasteiger partial charge in [0.2, 0.25) is 0 Å². The first kappa shape index (κ1) is 7.76. The topological polar surface area (TPSA) is 20.2 Å². The fourth-order valence-electron chi connectivity index (χ4n) is 0.874. The first-order chi connectivity index (χ1) is 4.74. The average Bonchev–Trinajstić information content (AvgIpc) is 2.34. The van der Waals surface area contributed by atoms with Gasteiger partial charge < -0.3 is 5.11 Å². The van der Waals surface area contributed by atoms with Crippen molar-refractivity contribution in [3.8, 4) is 0 Å². The first-order valence-corrected chi connectivity index (χ1v) is 4.35. The molecule has 1 aromatic rings. The molecule has 0 aliphatic rings. The molecule has 1 aromatic heterocycles. The molecular formula is C8H12OS. The fourth-order valence-corrected chi connectivity index (χ4v) is 1.63. The Balaban J connectivity index is 2.74. The molecule has 0 radical (unpaired) electrons. The molecule has 1 N–H and O–H groups in total. The molecule has 1 nitrogen and oxygen atoms in total. The predicted molar refractivity (Wildman–Crippen MR) is 44.3 cm³/mol. The summed E-state index contributed by atoms with van der Waals surface area (Å²) in [4.78, 5) is 1.27. The maximum atomic E-state index is 9.35. The Hall–Kier alpha value is -0.340. The highest BCUT2D eigenvalue weighted by Gasteiger charge is 2.04. The SMILES string of the molecule is CCC(O)c1csc(C)c1. The summed E-state index contributed by atoms with van der Waals surface area (Å²) < 4.78 is 0. The number of hydrogen-bond donors (Lipinski definition) is 1. The molecule has 0 saturated heterocycles. The summed E-state index contributed by atoms with van der Waals surface area (Å²) in [5.74, 6) is 0. The maximum Gasteiger partial charge on any atom is 0.0795 e. The summed E-state index contributed by atoms with van der Waals surface area (Å²) in [6.45, 7) is 4.04. The van der Waals surface area contributed by atoms with E-state index in [4.69, 9.17) is 0 Å². The molecule has 0 saturated carbocycles. The van der Waals surface area contributed by atoms with Crippen LogP contribution >= 0.6 is 11.3 Å². The molecule has 0 spiro atoms. The van der Waals surface area contributed by atoms with Crippen LogP contribution in [-0.4, -0.2) is 5.11 Å². The number of rotatable bonds is 2. The van der Waals surface area contributed by atoms with Gasteiger partial charge in [-0.2, -0.15) is 0 Å². The Morgan fingerprint density at radius 3 is 2.80 bits per heavy atom. The van der Waals surface area contributed by atoms with Crippen LogP contribution in [0.3, 0.4) is 0 Å². The van der Waals surface area contributed by atoms with Gasteiger partial charge in [0.05, 0.1) is 6.10 Å². The van der Waals surface area contributed by atoms with E-state index >= 15 is 0 Å². The maximum absolute atomic E-state index is 9.35. The molecule has 2 heteroatoms. The van der Waals surface area contributed by atoms with Crippen molar-refractivity contribution < 1.29 is 5.11 Å². The van der Waals surface area contributed by atoms with Gasteiger partial charge in [0.1, 0.15) is 0 Å². The van der Waals surface area contributed by atoms with Crippen molar-refractivity contribution in [3.05, 3.63) is 21.9 Å². The number of aliphatic hydroxyl groups excluding tert-OH is 1. The van der Waals surface area contributed by atoms with Gasteiger partial charge in [-0.25, -0.2) is 0 Å². The summed E-state index contributed by atoms with van der Waals surface area (Å²) in [6, 6.07) is 2.04. The van der Waals surface area contributed by atoms with Gasteiger partial charge in [0.25, 0.3) is 0 Å². The number of hydrogen-bond acceptors (Lipinski definition) is 2. The van der Waals surface area contributed by atoms with E-state index in [-0.39, 0.29) is 6.10 Å². The second kappa shape index (κ2) is 3.17. The van der Waals surface area contributed by atoms with E-state index in [9.17, 15) is 5.11 Å². The second-order valence-corrected chi connectivity index (χ2v) is 3.53. The molecule has 0 fully saturated rings. The molecule has 0 aliphatic carbocycles. The second-order valence-electron chi connectivity index (χ2n) is 2.41. The number of thiophene rings is 1. The van der Waals surface area contributed by atoms with E-state index in [1.807, 2.05) is 18.4 Å². The average molecular weight is 156 g/mol. The molecule has 1 atom stereocenters. The largest absolute Gasteiger partial charge is 0.388 e. The van der Waals surface area contributed by atoms with Crippen LogP contribution in [0.1, 0.15) is 29.9 Å². The molecule has 1 rings (SSSR count). The van der Waals surface area contributed by atoms with Gasteiger partial charge >= 0.3 is 0 Å². The highest BCUT2D eigenvalue weighted by Crippen LogP contribution is 2.21. The van der Waals surface area contributed by atoms with Crippen LogP contribution in [0, 0.1) is 6.92 Å². The lowest BCUT2D eigenvalue weighted by Gasteiger charge is -2.02. The van der Waals surface area contributed by atoms with Crippen molar-refractivity contribution >= 4 is 11.3 Å². The molecule has 0 aromatic carbocycles. The molecule has 10 heavy (non-hydrogen) atoms. The van der Waals surface area contributed by atoms with Crippen molar-refractivity contribution in [2.45, 2.75) is 26.4 Å². The van der Waals surface area contributed by atoms with E-state index in [0.29, 0.717) is 0 Å². The standard InChI is InChI=1S/C8H12OS/c1-3-8(9)7-4-6(2)10-5-7/h4-5,8-9H,3H2,1-2H3. The summed E-state index contributed by atoms with van der Waals surface area (Å²) in [7, 11) is 0. The minimum absolute atomic E-state index is 0.259. The van der Waals surface area contributed by atoms with Crippen molar-refractivity contribution in [2.24, 2.45) is 0 Å². The Morgan fingerprint density at radius 1 is 1.70 bits per heavy atom. The Bertz CT molecular complexity index is 205. The number of aryl methyl sites for hydroxylation is 1. The minimum Gasteiger partial charge on any atom is -0.388 e. The van der Waals surface area contributed by atoms with Crippen LogP contribution in [0.15, 0.2) is 11.4 Å². The molecule has 1 heterocycles. The van der Waals surface area contributed by atoms with E-state index < -0.39 is 0 Å². The lowest BCUT2D eigenvalue weighted by Crippen LogP contribution is -1.91. The van der Waals surface area contributed by atoms with Gasteiger partial charge in [-0.3, -0.25) is 0 Å². The van der Waals surface area contributed by atoms with Crippen molar-refractivity contribution in [1.29, 1.82) is 0 Å². The predicted octanol–water partition coefficient (Wildman–Crippen LogP) is 2.50. The van der Waals surface area contributed by atoms with Crippen LogP contribution in [0.5, 0.6) is 0 Å². The van der Waals surface area contributed by atoms with Crippen molar-refractivity contribution in [1.82, 2.24) is 0 Å². The van der Waals surface area contributed by atoms with Crippen LogP contribution in [0.2, 0.25) is 0 Å². The van der Waals surface area contributed by atoms with E-state index in [1.165, 1.54) is 4.88 Å². The lowest BCUT2D eigenvalue weighted by atomic mass is 10.1. The summed E-state index contributed by atoms with van der Waals surface area (Å²) in [6.07, 6.45) is 0.542. The van der Waals surface area contributed by atoms with Crippen LogP contribution in [0.4, 0.5) is 0 Å². The molecule has 0 bridgehead atoms. The van der Waals surface area contributed by atoms with E-state index in [1.54, 1.807) is 11.3 Å². The normalized spacial score (nSPS) is 13.5. The molecular weight excluding hydrogens is 144 g/mol. The third-order valence-electron chi connectivity index (χ3n) is 1.52. The summed E-state index contributed by atoms with van der Waals surface area (Å²) in [5, 5.41) is 11.4. The van der Waals surface area contributed by atoms with Gasteiger partial charge in [-0.15, -0.1) is 11.3 Å². The number of aliphatic hydroxyl groups is 1. The van der Waals surface area contributed by atoms with Crippen molar-refractivity contribution in [2.75, 3.05) is 0 Å². The quantitative estimate of drug-likeness (QED) is 0.697. The minimum atomic E-state index is -0.259. The third kappa shape index (κ3) is 1.58. The zero-order valence-electron chi connectivity index (χ0n) is 6.29. The summed E-state index contributed by atoms with van der Waals surface area (Å²) >= 11 is 1.69. The molecule has 1 unspecified atom stereocenters. The Kier molecular flexibility index (Phi) is 2.46. The van der Waals surface area contributed by atoms with Gasteiger partial charge in [-0.1, -0.05) is 6.92 Å². The molecule has 56 valence electrons. The zero-order chi connectivity index (χ0) is 7.56. The lowest BCUT2D eigenvalue weighted by molar-refractivity contribution is 0.174. The fraction of sp³-hybridized carbons (Fsp3) is 0.500. The zero-order valence-corrected chi connectivity index (χ0v) is 7.11. The molecule has 0 amide bonds. The Morgan fingerprint density at radius 2 is 2.40 bits per heavy atom. The van der Waals surface area contributed by atoms with Crippen LogP contribution in [-0.2, 0) is 0 Å². The third-order valence-corrected chi connectivity index (χ3v) is 2.40. The van der Waals surface area contributed by atoms with E-state index in [2.05, 4.69) is 6.92 Å². The van der Waals surface area contributed by atoms with Crippen molar-refractivity contribution in [3.63, 3.8) is 0 Å². The van der Waals surface area contributed by atoms with Crippen LogP contribution in [0.25, 0.3) is 0 Å². The highest BCUT2D eigenvalue weighted by atomic mass is 32.1. The first-order valence-electron chi connectivity index (χ1n) is 3.47. The van der Waals surface area contributed by atoms with Gasteiger partial charge in [0, 0.05) is 4.88 Å². The summed E-state index contributed by atoms with van der Waals surface area (Å²) in [5.41, 5.74) is 1.06. The monoisotopic (exact) mass is 156 g/mol. The van der Waals surface area contributed by atoms with Gasteiger partial charge in [0.15, 0.2) is 0 Å².